The van der Waals surface area contributed by atoms with Crippen molar-refractivity contribution < 1.29 is 29.6 Å². The zero-order chi connectivity index (χ0) is 29.7. The molecule has 0 amide bonds. The van der Waals surface area contributed by atoms with Gasteiger partial charge >= 0.3 is 5.97 Å². The zero-order valence-electron chi connectivity index (χ0n) is 26.6. The summed E-state index contributed by atoms with van der Waals surface area (Å²) in [5.74, 6) is -0.151. The van der Waals surface area contributed by atoms with Crippen molar-refractivity contribution in [3.63, 3.8) is 0 Å². The molecule has 1 saturated heterocycles. The van der Waals surface area contributed by atoms with Crippen LogP contribution in [0.3, 0.4) is 0 Å². The van der Waals surface area contributed by atoms with E-state index in [1.807, 2.05) is 13.0 Å². The van der Waals surface area contributed by atoms with Crippen LogP contribution >= 0.6 is 0 Å². The first-order chi connectivity index (χ1) is 19.9. The van der Waals surface area contributed by atoms with E-state index in [0.29, 0.717) is 6.42 Å². The van der Waals surface area contributed by atoms with Gasteiger partial charge in [0.2, 0.25) is 0 Å². The Morgan fingerprint density at radius 1 is 0.683 bits per heavy atom. The highest BCUT2D eigenvalue weighted by Crippen LogP contribution is 2.28. The molecular weight excluding hydrogens is 516 g/mol. The van der Waals surface area contributed by atoms with Gasteiger partial charge in [-0.1, -0.05) is 110 Å². The van der Waals surface area contributed by atoms with E-state index in [2.05, 4.69) is 6.92 Å². The van der Waals surface area contributed by atoms with Gasteiger partial charge in [0.25, 0.3) is 0 Å². The first kappa shape index (κ1) is 36.2. The van der Waals surface area contributed by atoms with E-state index >= 15 is 0 Å². The molecule has 0 aliphatic carbocycles. The van der Waals surface area contributed by atoms with Crippen molar-refractivity contribution in [2.24, 2.45) is 0 Å². The summed E-state index contributed by atoms with van der Waals surface area (Å²) in [4.78, 5) is 11.6. The van der Waals surface area contributed by atoms with E-state index in [1.165, 1.54) is 57.8 Å². The lowest BCUT2D eigenvalue weighted by molar-refractivity contribution is -0.139. The number of carbonyl (C=O) groups is 1. The Morgan fingerprint density at radius 3 is 1.63 bits per heavy atom. The third-order valence-electron chi connectivity index (χ3n) is 9.06. The van der Waals surface area contributed by atoms with Crippen LogP contribution < -0.4 is 0 Å². The third kappa shape index (κ3) is 16.5. The van der Waals surface area contributed by atoms with Gasteiger partial charge < -0.3 is 24.8 Å². The number of carbonyl (C=O) groups excluding carboxylic acids is 1. The smallest absolute Gasteiger partial charge is 0.334 e. The number of esters is 1. The van der Waals surface area contributed by atoms with E-state index in [4.69, 9.17) is 9.47 Å². The monoisotopic (exact) mass is 580 g/mol. The summed E-state index contributed by atoms with van der Waals surface area (Å²) < 4.78 is 11.2. The number of ether oxygens (including phenoxy) is 2. The normalized spacial score (nSPS) is 23.0. The number of cyclic esters (lactones) is 1. The van der Waals surface area contributed by atoms with Gasteiger partial charge in [0.15, 0.2) is 0 Å². The molecule has 0 spiro atoms. The van der Waals surface area contributed by atoms with E-state index in [0.717, 1.165) is 95.5 Å². The van der Waals surface area contributed by atoms with E-state index in [9.17, 15) is 20.1 Å². The Kier molecular flexibility index (Phi) is 20.0. The Morgan fingerprint density at radius 2 is 1.12 bits per heavy atom. The summed E-state index contributed by atoms with van der Waals surface area (Å²) >= 11 is 0. The predicted molar refractivity (Wildman–Crippen MR) is 167 cm³/mol. The first-order valence-electron chi connectivity index (χ1n) is 17.5. The van der Waals surface area contributed by atoms with E-state index in [1.54, 1.807) is 0 Å². The predicted octanol–water partition coefficient (Wildman–Crippen LogP) is 8.09. The van der Waals surface area contributed by atoms with Gasteiger partial charge in [-0.3, -0.25) is 0 Å². The molecule has 240 valence electrons. The molecule has 0 unspecified atom stereocenters. The average molecular weight is 581 g/mol. The fraction of sp³-hybridized carbons (Fsp3) is 0.914. The number of aliphatic hydroxyl groups excluding tert-OH is 3. The minimum atomic E-state index is -0.480. The maximum Gasteiger partial charge on any atom is 0.334 e. The second-order valence-corrected chi connectivity index (χ2v) is 12.9. The van der Waals surface area contributed by atoms with Crippen LogP contribution in [0.4, 0.5) is 0 Å². The lowest BCUT2D eigenvalue weighted by Gasteiger charge is -2.22. The lowest BCUT2D eigenvalue weighted by atomic mass is 9.99. The molecule has 2 rings (SSSR count). The van der Waals surface area contributed by atoms with Crippen molar-refractivity contribution in [3.8, 4) is 0 Å². The quantitative estimate of drug-likeness (QED) is 0.0707. The highest BCUT2D eigenvalue weighted by Gasteiger charge is 2.34. The Hall–Kier alpha value is -0.950. The maximum absolute atomic E-state index is 11.6. The minimum absolute atomic E-state index is 0.0754. The SMILES string of the molecule is CCCCCCCCCCCC[C@@H](O)[C@H]1CC[C@H]([C@H](O)CCCC[C@H](O)CCCCCCCC2=C[C@H](C)OC2=O)O1. The number of rotatable bonds is 26. The number of aliphatic hydroxyl groups is 3. The average Bonchev–Trinajstić information content (AvgIpc) is 3.57. The number of unbranched alkanes of at least 4 members (excludes halogenated alkanes) is 14. The van der Waals surface area contributed by atoms with Gasteiger partial charge in [-0.2, -0.15) is 0 Å². The van der Waals surface area contributed by atoms with Gasteiger partial charge in [0, 0.05) is 5.57 Å². The van der Waals surface area contributed by atoms with Gasteiger partial charge in [0.1, 0.15) is 6.10 Å². The molecule has 6 heteroatoms. The number of hydrogen-bond donors (Lipinski definition) is 3. The Balaban J connectivity index is 1.39. The van der Waals surface area contributed by atoms with Crippen LogP contribution in [0, 0.1) is 0 Å². The topological polar surface area (TPSA) is 96.2 Å². The van der Waals surface area contributed by atoms with Crippen LogP contribution in [0.15, 0.2) is 11.6 Å². The molecule has 41 heavy (non-hydrogen) atoms. The second-order valence-electron chi connectivity index (χ2n) is 12.9. The molecule has 6 atom stereocenters. The summed E-state index contributed by atoms with van der Waals surface area (Å²) in [5.41, 5.74) is 0.828. The lowest BCUT2D eigenvalue weighted by Crippen LogP contribution is -2.31. The molecule has 0 saturated carbocycles. The van der Waals surface area contributed by atoms with Gasteiger partial charge in [-0.25, -0.2) is 4.79 Å². The molecule has 2 aliphatic rings. The molecule has 3 N–H and O–H groups in total. The molecule has 0 aromatic heterocycles. The first-order valence-corrected chi connectivity index (χ1v) is 17.5. The van der Waals surface area contributed by atoms with Crippen molar-refractivity contribution in [3.05, 3.63) is 11.6 Å². The van der Waals surface area contributed by atoms with Crippen LogP contribution in [-0.4, -0.2) is 57.9 Å². The molecule has 6 nitrogen and oxygen atoms in total. The fourth-order valence-corrected chi connectivity index (χ4v) is 6.39. The minimum Gasteiger partial charge on any atom is -0.455 e. The molecular formula is C35H64O6. The third-order valence-corrected chi connectivity index (χ3v) is 9.06. The van der Waals surface area contributed by atoms with Gasteiger partial charge in [-0.15, -0.1) is 0 Å². The van der Waals surface area contributed by atoms with Crippen LogP contribution in [0.2, 0.25) is 0 Å². The molecule has 2 heterocycles. The molecule has 0 aromatic rings. The van der Waals surface area contributed by atoms with Crippen molar-refractivity contribution in [2.45, 2.75) is 205 Å². The van der Waals surface area contributed by atoms with Crippen molar-refractivity contribution in [1.82, 2.24) is 0 Å². The summed E-state index contributed by atoms with van der Waals surface area (Å²) in [6.07, 6.45) is 26.2. The highest BCUT2D eigenvalue weighted by molar-refractivity contribution is 5.90. The van der Waals surface area contributed by atoms with E-state index < -0.39 is 12.2 Å². The largest absolute Gasteiger partial charge is 0.455 e. The van der Waals surface area contributed by atoms with Crippen LogP contribution in [0.25, 0.3) is 0 Å². The number of hydrogen-bond acceptors (Lipinski definition) is 6. The molecule has 0 radical (unpaired) electrons. The molecule has 0 aromatic carbocycles. The van der Waals surface area contributed by atoms with Crippen molar-refractivity contribution in [2.75, 3.05) is 0 Å². The van der Waals surface area contributed by atoms with Gasteiger partial charge in [-0.05, 0) is 64.4 Å². The van der Waals surface area contributed by atoms with Crippen molar-refractivity contribution in [1.29, 1.82) is 0 Å². The maximum atomic E-state index is 11.6. The van der Waals surface area contributed by atoms with Gasteiger partial charge in [0.05, 0.1) is 30.5 Å². The second kappa shape index (κ2) is 22.6. The van der Waals surface area contributed by atoms with Crippen LogP contribution in [0.1, 0.15) is 168 Å². The summed E-state index contributed by atoms with van der Waals surface area (Å²) in [5, 5.41) is 31.5. The fourth-order valence-electron chi connectivity index (χ4n) is 6.39. The molecule has 1 fully saturated rings. The summed E-state index contributed by atoms with van der Waals surface area (Å²) in [6, 6.07) is 0. The van der Waals surface area contributed by atoms with Crippen LogP contribution in [-0.2, 0) is 14.3 Å². The zero-order valence-corrected chi connectivity index (χ0v) is 26.6. The summed E-state index contributed by atoms with van der Waals surface area (Å²) in [7, 11) is 0. The standard InChI is InChI=1S/C35H64O6/c1-3-4-5-6-7-8-9-10-14-17-23-31(37)33-25-26-34(41-33)32(38)24-19-18-22-30(36)21-16-13-11-12-15-20-29-27-28(2)40-35(29)39/h27-28,30-34,36-38H,3-26H2,1-2H3/t28-,30+,31+,32+,33+,34+/m0/s1. The Bertz CT molecular complexity index is 694. The molecule has 0 bridgehead atoms. The summed E-state index contributed by atoms with van der Waals surface area (Å²) in [6.45, 7) is 4.15. The van der Waals surface area contributed by atoms with E-state index in [-0.39, 0.29) is 30.4 Å². The highest BCUT2D eigenvalue weighted by atomic mass is 16.5. The Labute approximate surface area is 251 Å². The van der Waals surface area contributed by atoms with Crippen molar-refractivity contribution >= 4 is 5.97 Å². The molecule has 2 aliphatic heterocycles. The van der Waals surface area contributed by atoms with Crippen LogP contribution in [0.5, 0.6) is 0 Å².